The molecular weight excluding hydrogens is 160 g/mol. The molecule has 0 radical (unpaired) electrons. The first-order valence-electron chi connectivity index (χ1n) is 5.62. The average Bonchev–Trinajstić information content (AvgIpc) is 2.53. The minimum atomic E-state index is 0.635. The summed E-state index contributed by atoms with van der Waals surface area (Å²) in [4.78, 5) is 0. The molecule has 1 heterocycles. The van der Waals surface area contributed by atoms with Gasteiger partial charge in [-0.15, -0.1) is 0 Å². The fraction of sp³-hybridized carbons (Fsp3) is 1.00. The van der Waals surface area contributed by atoms with Crippen LogP contribution in [-0.4, -0.2) is 25.7 Å². The zero-order valence-electron chi connectivity index (χ0n) is 8.90. The van der Waals surface area contributed by atoms with E-state index in [1.54, 1.807) is 0 Å². The van der Waals surface area contributed by atoms with Crippen LogP contribution in [0.4, 0.5) is 0 Å². The fourth-order valence-electron chi connectivity index (χ4n) is 2.29. The van der Waals surface area contributed by atoms with Gasteiger partial charge in [0.2, 0.25) is 0 Å². The second-order valence-electron chi connectivity index (χ2n) is 5.34. The SMILES string of the molecule is CC1(C)CC1CNCC1CCCN1. The van der Waals surface area contributed by atoms with Crippen LogP contribution in [-0.2, 0) is 0 Å². The van der Waals surface area contributed by atoms with Gasteiger partial charge < -0.3 is 10.6 Å². The zero-order chi connectivity index (χ0) is 9.31. The van der Waals surface area contributed by atoms with Crippen LogP contribution in [0.5, 0.6) is 0 Å². The monoisotopic (exact) mass is 182 g/mol. The lowest BCUT2D eigenvalue weighted by Crippen LogP contribution is -2.35. The summed E-state index contributed by atoms with van der Waals surface area (Å²) < 4.78 is 0. The highest BCUT2D eigenvalue weighted by Gasteiger charge is 2.44. The van der Waals surface area contributed by atoms with Gasteiger partial charge in [-0.1, -0.05) is 13.8 Å². The number of hydrogen-bond acceptors (Lipinski definition) is 2. The van der Waals surface area contributed by atoms with Crippen molar-refractivity contribution in [3.8, 4) is 0 Å². The molecule has 2 heteroatoms. The number of nitrogens with one attached hydrogen (secondary N) is 2. The van der Waals surface area contributed by atoms with Crippen molar-refractivity contribution in [3.05, 3.63) is 0 Å². The van der Waals surface area contributed by atoms with Crippen molar-refractivity contribution < 1.29 is 0 Å². The lowest BCUT2D eigenvalue weighted by molar-refractivity contribution is 0.484. The van der Waals surface area contributed by atoms with E-state index >= 15 is 0 Å². The van der Waals surface area contributed by atoms with E-state index in [-0.39, 0.29) is 0 Å². The van der Waals surface area contributed by atoms with Gasteiger partial charge in [-0.25, -0.2) is 0 Å². The van der Waals surface area contributed by atoms with Crippen LogP contribution >= 0.6 is 0 Å². The van der Waals surface area contributed by atoms with E-state index in [0.717, 1.165) is 12.0 Å². The summed E-state index contributed by atoms with van der Waals surface area (Å²) in [5, 5.41) is 7.09. The molecule has 1 saturated heterocycles. The molecule has 0 bridgehead atoms. The second kappa shape index (κ2) is 3.58. The van der Waals surface area contributed by atoms with Gasteiger partial charge in [0.25, 0.3) is 0 Å². The highest BCUT2D eigenvalue weighted by Crippen LogP contribution is 2.50. The molecule has 0 spiro atoms. The fourth-order valence-corrected chi connectivity index (χ4v) is 2.29. The Morgan fingerprint density at radius 1 is 1.38 bits per heavy atom. The molecule has 76 valence electrons. The molecule has 2 aliphatic rings. The van der Waals surface area contributed by atoms with Gasteiger partial charge in [0.05, 0.1) is 0 Å². The largest absolute Gasteiger partial charge is 0.315 e. The number of hydrogen-bond donors (Lipinski definition) is 2. The first-order chi connectivity index (χ1) is 6.18. The lowest BCUT2D eigenvalue weighted by Gasteiger charge is -2.11. The van der Waals surface area contributed by atoms with Crippen molar-refractivity contribution in [1.29, 1.82) is 0 Å². The van der Waals surface area contributed by atoms with E-state index in [1.165, 1.54) is 38.9 Å². The molecule has 1 saturated carbocycles. The molecule has 1 aliphatic carbocycles. The molecule has 0 aromatic carbocycles. The Kier molecular flexibility index (Phi) is 2.61. The predicted molar refractivity (Wildman–Crippen MR) is 55.8 cm³/mol. The summed E-state index contributed by atoms with van der Waals surface area (Å²) in [5.74, 6) is 0.939. The third-order valence-corrected chi connectivity index (χ3v) is 3.66. The molecule has 2 unspecified atom stereocenters. The third-order valence-electron chi connectivity index (χ3n) is 3.66. The van der Waals surface area contributed by atoms with Crippen molar-refractivity contribution >= 4 is 0 Å². The topological polar surface area (TPSA) is 24.1 Å². The summed E-state index contributed by atoms with van der Waals surface area (Å²) in [6.07, 6.45) is 4.14. The molecule has 0 amide bonds. The van der Waals surface area contributed by atoms with Crippen LogP contribution < -0.4 is 10.6 Å². The van der Waals surface area contributed by atoms with Crippen LogP contribution in [0.2, 0.25) is 0 Å². The van der Waals surface area contributed by atoms with Crippen LogP contribution in [0, 0.1) is 11.3 Å². The van der Waals surface area contributed by atoms with Gasteiger partial charge in [-0.2, -0.15) is 0 Å². The summed E-state index contributed by atoms with van der Waals surface area (Å²) >= 11 is 0. The normalized spacial score (nSPS) is 36.5. The molecule has 2 fully saturated rings. The minimum absolute atomic E-state index is 0.635. The van der Waals surface area contributed by atoms with Crippen LogP contribution in [0.15, 0.2) is 0 Å². The first-order valence-corrected chi connectivity index (χ1v) is 5.62. The van der Waals surface area contributed by atoms with E-state index in [1.807, 2.05) is 0 Å². The van der Waals surface area contributed by atoms with E-state index < -0.39 is 0 Å². The van der Waals surface area contributed by atoms with Crippen LogP contribution in [0.1, 0.15) is 33.1 Å². The smallest absolute Gasteiger partial charge is 0.0192 e. The highest BCUT2D eigenvalue weighted by atomic mass is 15.0. The molecule has 2 rings (SSSR count). The average molecular weight is 182 g/mol. The quantitative estimate of drug-likeness (QED) is 0.686. The standard InChI is InChI=1S/C11H22N2/c1-11(2)6-9(11)7-12-8-10-4-3-5-13-10/h9-10,12-13H,3-8H2,1-2H3. The summed E-state index contributed by atoms with van der Waals surface area (Å²) in [6.45, 7) is 8.36. The van der Waals surface area contributed by atoms with Crippen LogP contribution in [0.3, 0.4) is 0 Å². The van der Waals surface area contributed by atoms with Crippen molar-refractivity contribution in [2.24, 2.45) is 11.3 Å². The molecule has 2 N–H and O–H groups in total. The molecule has 1 aliphatic heterocycles. The van der Waals surface area contributed by atoms with E-state index in [4.69, 9.17) is 0 Å². The van der Waals surface area contributed by atoms with Crippen molar-refractivity contribution in [3.63, 3.8) is 0 Å². The Labute approximate surface area is 81.5 Å². The maximum atomic E-state index is 3.58. The van der Waals surface area contributed by atoms with Gasteiger partial charge in [-0.3, -0.25) is 0 Å². The molecule has 2 atom stereocenters. The molecule has 2 nitrogen and oxygen atoms in total. The van der Waals surface area contributed by atoms with Gasteiger partial charge >= 0.3 is 0 Å². The summed E-state index contributed by atoms with van der Waals surface area (Å²) in [6, 6.07) is 0.752. The number of rotatable bonds is 4. The van der Waals surface area contributed by atoms with E-state index in [0.29, 0.717) is 5.41 Å². The van der Waals surface area contributed by atoms with Gasteiger partial charge in [0.1, 0.15) is 0 Å². The molecular formula is C11H22N2. The Morgan fingerprint density at radius 3 is 2.69 bits per heavy atom. The Hall–Kier alpha value is -0.0800. The van der Waals surface area contributed by atoms with Crippen molar-refractivity contribution in [1.82, 2.24) is 10.6 Å². The Bertz CT molecular complexity index is 166. The second-order valence-corrected chi connectivity index (χ2v) is 5.34. The summed E-state index contributed by atoms with van der Waals surface area (Å²) in [5.41, 5.74) is 0.635. The van der Waals surface area contributed by atoms with Gasteiger partial charge in [-0.05, 0) is 43.7 Å². The maximum absolute atomic E-state index is 3.58. The molecule has 0 aromatic heterocycles. The lowest BCUT2D eigenvalue weighted by atomic mass is 10.1. The zero-order valence-corrected chi connectivity index (χ0v) is 8.90. The van der Waals surface area contributed by atoms with E-state index in [2.05, 4.69) is 24.5 Å². The molecule has 13 heavy (non-hydrogen) atoms. The molecule has 0 aromatic rings. The van der Waals surface area contributed by atoms with Gasteiger partial charge in [0, 0.05) is 12.6 Å². The first kappa shape index (κ1) is 9.47. The minimum Gasteiger partial charge on any atom is -0.315 e. The Morgan fingerprint density at radius 2 is 2.15 bits per heavy atom. The third kappa shape index (κ3) is 2.44. The predicted octanol–water partition coefficient (Wildman–Crippen LogP) is 1.37. The Balaban J connectivity index is 1.54. The van der Waals surface area contributed by atoms with Crippen LogP contribution in [0.25, 0.3) is 0 Å². The van der Waals surface area contributed by atoms with Crippen molar-refractivity contribution in [2.45, 2.75) is 39.2 Å². The maximum Gasteiger partial charge on any atom is 0.0192 e. The van der Waals surface area contributed by atoms with Crippen molar-refractivity contribution in [2.75, 3.05) is 19.6 Å². The van der Waals surface area contributed by atoms with E-state index in [9.17, 15) is 0 Å². The summed E-state index contributed by atoms with van der Waals surface area (Å²) in [7, 11) is 0. The van der Waals surface area contributed by atoms with Gasteiger partial charge in [0.15, 0.2) is 0 Å². The highest BCUT2D eigenvalue weighted by molar-refractivity contribution is 4.96.